The van der Waals surface area contributed by atoms with Gasteiger partial charge >= 0.3 is 0 Å². The van der Waals surface area contributed by atoms with Gasteiger partial charge in [0.2, 0.25) is 0 Å². The number of aliphatic imine (C=N–C) groups is 1. The zero-order valence-corrected chi connectivity index (χ0v) is 12.1. The molecule has 1 saturated heterocycles. The van der Waals surface area contributed by atoms with Crippen LogP contribution in [0.3, 0.4) is 0 Å². The summed E-state index contributed by atoms with van der Waals surface area (Å²) in [6.45, 7) is 2.21. The van der Waals surface area contributed by atoms with Gasteiger partial charge in [-0.1, -0.05) is 6.07 Å². The minimum Gasteiger partial charge on any atom is -0.376 e. The molecule has 2 N–H and O–H groups in total. The van der Waals surface area contributed by atoms with Crippen molar-refractivity contribution >= 4 is 11.6 Å². The fourth-order valence-corrected chi connectivity index (χ4v) is 2.41. The Morgan fingerprint density at radius 3 is 3.19 bits per heavy atom. The maximum absolute atomic E-state index is 5.58. The zero-order valence-electron chi connectivity index (χ0n) is 12.1. The van der Waals surface area contributed by atoms with Crippen molar-refractivity contribution in [2.45, 2.75) is 25.5 Å². The van der Waals surface area contributed by atoms with Gasteiger partial charge in [0.1, 0.15) is 0 Å². The van der Waals surface area contributed by atoms with Crippen molar-refractivity contribution in [2.24, 2.45) is 4.99 Å². The highest BCUT2D eigenvalue weighted by molar-refractivity contribution is 5.79. The summed E-state index contributed by atoms with van der Waals surface area (Å²) in [7, 11) is 1.76. The molecule has 7 heteroatoms. The molecule has 0 amide bonds. The highest BCUT2D eigenvalue weighted by atomic mass is 16.5. The van der Waals surface area contributed by atoms with E-state index in [4.69, 9.17) is 4.74 Å². The number of hydrogen-bond acceptors (Lipinski definition) is 4. The maximum atomic E-state index is 5.58. The predicted molar refractivity (Wildman–Crippen MR) is 80.2 cm³/mol. The van der Waals surface area contributed by atoms with Gasteiger partial charge in [0.05, 0.1) is 12.6 Å². The van der Waals surface area contributed by atoms with Crippen molar-refractivity contribution in [3.63, 3.8) is 0 Å². The van der Waals surface area contributed by atoms with Gasteiger partial charge in [-0.15, -0.1) is 10.2 Å². The normalized spacial score (nSPS) is 19.1. The molecule has 112 valence electrons. The van der Waals surface area contributed by atoms with Gasteiger partial charge in [0, 0.05) is 26.4 Å². The minimum absolute atomic E-state index is 0.289. The molecular formula is C14H20N6O. The van der Waals surface area contributed by atoms with Crippen LogP contribution >= 0.6 is 0 Å². The summed E-state index contributed by atoms with van der Waals surface area (Å²) in [4.78, 5) is 4.21. The highest BCUT2D eigenvalue weighted by Gasteiger charge is 2.15. The number of guanidine groups is 1. The van der Waals surface area contributed by atoms with Gasteiger partial charge in [-0.25, -0.2) is 0 Å². The molecule has 21 heavy (non-hydrogen) atoms. The van der Waals surface area contributed by atoms with E-state index in [1.54, 1.807) is 7.05 Å². The van der Waals surface area contributed by atoms with Crippen LogP contribution in [0.5, 0.6) is 0 Å². The Hall–Kier alpha value is -2.15. The largest absolute Gasteiger partial charge is 0.376 e. The van der Waals surface area contributed by atoms with Crippen LogP contribution in [-0.2, 0) is 11.3 Å². The van der Waals surface area contributed by atoms with E-state index >= 15 is 0 Å². The fourth-order valence-electron chi connectivity index (χ4n) is 2.41. The number of fused-ring (bicyclic) bond motifs is 1. The first-order valence-corrected chi connectivity index (χ1v) is 7.21. The summed E-state index contributed by atoms with van der Waals surface area (Å²) in [6.07, 6.45) is 4.50. The number of hydrogen-bond donors (Lipinski definition) is 2. The van der Waals surface area contributed by atoms with Crippen molar-refractivity contribution in [2.75, 3.05) is 20.2 Å². The van der Waals surface area contributed by atoms with E-state index in [0.717, 1.165) is 43.4 Å². The van der Waals surface area contributed by atoms with Crippen molar-refractivity contribution in [1.82, 2.24) is 25.2 Å². The molecule has 3 rings (SSSR count). The van der Waals surface area contributed by atoms with Crippen LogP contribution in [0, 0.1) is 0 Å². The molecule has 1 aliphatic heterocycles. The molecule has 0 radical (unpaired) electrons. The highest BCUT2D eigenvalue weighted by Crippen LogP contribution is 2.10. The molecule has 3 heterocycles. The van der Waals surface area contributed by atoms with Gasteiger partial charge in [0.25, 0.3) is 0 Å². The summed E-state index contributed by atoms with van der Waals surface area (Å²) < 4.78 is 7.54. The molecule has 2 aromatic rings. The Balaban J connectivity index is 1.55. The van der Waals surface area contributed by atoms with Crippen molar-refractivity contribution in [3.05, 3.63) is 30.2 Å². The van der Waals surface area contributed by atoms with Gasteiger partial charge in [-0.3, -0.25) is 9.39 Å². The quantitative estimate of drug-likeness (QED) is 0.635. The standard InChI is InChI=1S/C14H20N6O/c1-15-14(16-9-11-5-4-8-21-11)17-10-13-19-18-12-6-2-3-7-20(12)13/h2-3,6-7,11H,4-5,8-10H2,1H3,(H2,15,16,17). The van der Waals surface area contributed by atoms with Crippen molar-refractivity contribution in [3.8, 4) is 0 Å². The second kappa shape index (κ2) is 6.53. The van der Waals surface area contributed by atoms with Crippen LogP contribution in [-0.4, -0.2) is 46.9 Å². The average molecular weight is 288 g/mol. The van der Waals surface area contributed by atoms with E-state index in [1.165, 1.54) is 0 Å². The van der Waals surface area contributed by atoms with E-state index in [0.29, 0.717) is 6.54 Å². The van der Waals surface area contributed by atoms with Crippen LogP contribution in [0.15, 0.2) is 29.4 Å². The van der Waals surface area contributed by atoms with Crippen LogP contribution in [0.4, 0.5) is 0 Å². The number of ether oxygens (including phenoxy) is 1. The Morgan fingerprint density at radius 1 is 1.43 bits per heavy atom. The first-order valence-electron chi connectivity index (χ1n) is 7.21. The van der Waals surface area contributed by atoms with Gasteiger partial charge in [-0.2, -0.15) is 0 Å². The van der Waals surface area contributed by atoms with Crippen LogP contribution in [0.1, 0.15) is 18.7 Å². The predicted octanol–water partition coefficient (Wildman–Crippen LogP) is 0.573. The Bertz CT molecular complexity index is 617. The molecule has 0 bridgehead atoms. The molecule has 1 unspecified atom stereocenters. The van der Waals surface area contributed by atoms with Crippen LogP contribution in [0.25, 0.3) is 5.65 Å². The lowest BCUT2D eigenvalue weighted by molar-refractivity contribution is 0.114. The molecule has 2 aromatic heterocycles. The monoisotopic (exact) mass is 288 g/mol. The zero-order chi connectivity index (χ0) is 14.5. The smallest absolute Gasteiger partial charge is 0.191 e. The van der Waals surface area contributed by atoms with Gasteiger partial charge in [-0.05, 0) is 25.0 Å². The minimum atomic E-state index is 0.289. The second-order valence-electron chi connectivity index (χ2n) is 4.99. The van der Waals surface area contributed by atoms with Crippen LogP contribution < -0.4 is 10.6 Å². The Morgan fingerprint density at radius 2 is 2.38 bits per heavy atom. The summed E-state index contributed by atoms with van der Waals surface area (Å²) in [5.74, 6) is 1.60. The van der Waals surface area contributed by atoms with E-state index in [9.17, 15) is 0 Å². The lowest BCUT2D eigenvalue weighted by Crippen LogP contribution is -2.40. The average Bonchev–Trinajstić information content (AvgIpc) is 3.17. The molecule has 0 aliphatic carbocycles. The Labute approximate surface area is 123 Å². The van der Waals surface area contributed by atoms with E-state index < -0.39 is 0 Å². The third-order valence-electron chi connectivity index (χ3n) is 3.54. The summed E-state index contributed by atoms with van der Waals surface area (Å²) >= 11 is 0. The van der Waals surface area contributed by atoms with Crippen molar-refractivity contribution in [1.29, 1.82) is 0 Å². The van der Waals surface area contributed by atoms with E-state index in [-0.39, 0.29) is 6.10 Å². The lowest BCUT2D eigenvalue weighted by atomic mass is 10.2. The molecule has 1 fully saturated rings. The third-order valence-corrected chi connectivity index (χ3v) is 3.54. The number of pyridine rings is 1. The number of aromatic nitrogens is 3. The summed E-state index contributed by atoms with van der Waals surface area (Å²) in [5.41, 5.74) is 0.844. The molecule has 0 aromatic carbocycles. The maximum Gasteiger partial charge on any atom is 0.191 e. The summed E-state index contributed by atoms with van der Waals surface area (Å²) in [5, 5.41) is 14.8. The fraction of sp³-hybridized carbons (Fsp3) is 0.500. The second-order valence-corrected chi connectivity index (χ2v) is 4.99. The molecule has 1 atom stereocenters. The molecule has 7 nitrogen and oxygen atoms in total. The first kappa shape index (κ1) is 13.8. The topological polar surface area (TPSA) is 75.8 Å². The molecule has 0 saturated carbocycles. The van der Waals surface area contributed by atoms with Gasteiger partial charge in [0.15, 0.2) is 17.4 Å². The SMILES string of the molecule is CN=C(NCc1nnc2ccccn12)NCC1CCCO1. The summed E-state index contributed by atoms with van der Waals surface area (Å²) in [6, 6.07) is 5.84. The van der Waals surface area contributed by atoms with Gasteiger partial charge < -0.3 is 15.4 Å². The third kappa shape index (κ3) is 3.30. The van der Waals surface area contributed by atoms with E-state index in [2.05, 4.69) is 25.8 Å². The molecule has 1 aliphatic rings. The molecule has 0 spiro atoms. The van der Waals surface area contributed by atoms with Crippen molar-refractivity contribution < 1.29 is 4.74 Å². The Kier molecular flexibility index (Phi) is 4.30. The molecular weight excluding hydrogens is 268 g/mol. The first-order chi connectivity index (χ1) is 10.4. The number of nitrogens with zero attached hydrogens (tertiary/aromatic N) is 4. The lowest BCUT2D eigenvalue weighted by Gasteiger charge is -2.14. The number of nitrogens with one attached hydrogen (secondary N) is 2. The van der Waals surface area contributed by atoms with Crippen LogP contribution in [0.2, 0.25) is 0 Å². The number of rotatable bonds is 4. The van der Waals surface area contributed by atoms with E-state index in [1.807, 2.05) is 28.8 Å².